The third kappa shape index (κ3) is 3.26. The van der Waals surface area contributed by atoms with E-state index in [2.05, 4.69) is 4.99 Å². The van der Waals surface area contributed by atoms with Crippen molar-refractivity contribution in [1.29, 1.82) is 0 Å². The van der Waals surface area contributed by atoms with Crippen molar-refractivity contribution in [3.8, 4) is 0 Å². The van der Waals surface area contributed by atoms with Crippen molar-refractivity contribution in [2.45, 2.75) is 38.5 Å². The fourth-order valence-electron chi connectivity index (χ4n) is 3.06. The number of nitrogens with zero attached hydrogens (tertiary/aromatic N) is 2. The van der Waals surface area contributed by atoms with Gasteiger partial charge in [0, 0.05) is 0 Å². The van der Waals surface area contributed by atoms with E-state index in [9.17, 15) is 9.59 Å². The van der Waals surface area contributed by atoms with Gasteiger partial charge in [-0.15, -0.1) is 0 Å². The fourth-order valence-corrected chi connectivity index (χ4v) is 4.50. The van der Waals surface area contributed by atoms with Crippen molar-refractivity contribution in [2.24, 2.45) is 4.99 Å². The van der Waals surface area contributed by atoms with E-state index in [1.165, 1.54) is 11.8 Å². The van der Waals surface area contributed by atoms with Gasteiger partial charge in [-0.1, -0.05) is 48.0 Å². The fraction of sp³-hybridized carbons (Fsp3) is 0.389. The first-order chi connectivity index (χ1) is 12.4. The Kier molecular flexibility index (Phi) is 5.65. The number of ether oxygens (including phenoxy) is 1. The number of aliphatic imine (C=N–C) groups is 1. The standard InChI is InChI=1S/C18H18Cl2N2O3S/c1-4-13-16(23)22-15(10-6-7-11(19)12(20)8-10)14(17(24)25-5-2)9(3)21-18(22)26-13/h6-8,13,15H,4-5H2,1-3H3/t13-,15+/m0/s1. The summed E-state index contributed by atoms with van der Waals surface area (Å²) in [5.41, 5.74) is 1.59. The van der Waals surface area contributed by atoms with Crippen LogP contribution in [0.25, 0.3) is 0 Å². The quantitative estimate of drug-likeness (QED) is 0.678. The smallest absolute Gasteiger partial charge is 0.338 e. The minimum Gasteiger partial charge on any atom is -0.463 e. The lowest BCUT2D eigenvalue weighted by molar-refractivity contribution is -0.139. The number of carbonyl (C=O) groups excluding carboxylic acids is 2. The van der Waals surface area contributed by atoms with Crippen LogP contribution in [0.1, 0.15) is 38.8 Å². The first-order valence-electron chi connectivity index (χ1n) is 8.30. The number of halogens is 2. The second-order valence-electron chi connectivity index (χ2n) is 5.91. The van der Waals surface area contributed by atoms with Crippen molar-refractivity contribution in [1.82, 2.24) is 4.90 Å². The Labute approximate surface area is 166 Å². The second kappa shape index (κ2) is 7.62. The summed E-state index contributed by atoms with van der Waals surface area (Å²) in [4.78, 5) is 31.6. The van der Waals surface area contributed by atoms with Gasteiger partial charge in [-0.3, -0.25) is 9.69 Å². The summed E-state index contributed by atoms with van der Waals surface area (Å²) in [7, 11) is 0. The van der Waals surface area contributed by atoms with Gasteiger partial charge in [0.2, 0.25) is 5.91 Å². The van der Waals surface area contributed by atoms with Crippen molar-refractivity contribution < 1.29 is 14.3 Å². The van der Waals surface area contributed by atoms with E-state index in [4.69, 9.17) is 27.9 Å². The maximum absolute atomic E-state index is 12.9. The molecule has 2 heterocycles. The number of amidine groups is 1. The Morgan fingerprint density at radius 2 is 2.04 bits per heavy atom. The minimum absolute atomic E-state index is 0.0679. The molecule has 1 fully saturated rings. The summed E-state index contributed by atoms with van der Waals surface area (Å²) >= 11 is 13.6. The molecule has 8 heteroatoms. The number of allylic oxidation sites excluding steroid dienone is 1. The maximum Gasteiger partial charge on any atom is 0.338 e. The summed E-state index contributed by atoms with van der Waals surface area (Å²) < 4.78 is 5.22. The zero-order valence-corrected chi connectivity index (χ0v) is 16.9. The number of rotatable bonds is 4. The molecule has 5 nitrogen and oxygen atoms in total. The third-order valence-electron chi connectivity index (χ3n) is 4.28. The number of esters is 1. The van der Waals surface area contributed by atoms with Crippen molar-refractivity contribution in [3.63, 3.8) is 0 Å². The number of thioether (sulfide) groups is 1. The van der Waals surface area contributed by atoms with Crippen LogP contribution in [0, 0.1) is 0 Å². The highest BCUT2D eigenvalue weighted by molar-refractivity contribution is 8.15. The van der Waals surface area contributed by atoms with Crippen LogP contribution in [0.3, 0.4) is 0 Å². The zero-order chi connectivity index (χ0) is 19.0. The number of hydrogen-bond acceptors (Lipinski definition) is 5. The van der Waals surface area contributed by atoms with Gasteiger partial charge >= 0.3 is 5.97 Å². The molecule has 1 aromatic carbocycles. The van der Waals surface area contributed by atoms with Gasteiger partial charge in [-0.05, 0) is 38.0 Å². The van der Waals surface area contributed by atoms with Crippen LogP contribution in [0.2, 0.25) is 10.0 Å². The van der Waals surface area contributed by atoms with E-state index < -0.39 is 12.0 Å². The lowest BCUT2D eigenvalue weighted by Crippen LogP contribution is -2.40. The Bertz CT molecular complexity index is 838. The van der Waals surface area contributed by atoms with E-state index in [-0.39, 0.29) is 17.8 Å². The molecule has 138 valence electrons. The van der Waals surface area contributed by atoms with Gasteiger partial charge in [0.25, 0.3) is 0 Å². The monoisotopic (exact) mass is 412 g/mol. The molecule has 0 aliphatic carbocycles. The first-order valence-corrected chi connectivity index (χ1v) is 9.93. The SMILES string of the molecule is CCOC(=O)C1=C(C)N=C2S[C@@H](CC)C(=O)N2[C@@H]1c1ccc(Cl)c(Cl)c1. The molecule has 1 amide bonds. The van der Waals surface area contributed by atoms with E-state index in [1.807, 2.05) is 6.92 Å². The van der Waals surface area contributed by atoms with E-state index in [0.29, 0.717) is 38.5 Å². The third-order valence-corrected chi connectivity index (χ3v) is 6.33. The molecule has 2 aliphatic heterocycles. The largest absolute Gasteiger partial charge is 0.463 e. The Morgan fingerprint density at radius 1 is 1.31 bits per heavy atom. The molecule has 2 aliphatic rings. The minimum atomic E-state index is -0.632. The average molecular weight is 413 g/mol. The Balaban J connectivity index is 2.16. The molecule has 3 rings (SSSR count). The van der Waals surface area contributed by atoms with Gasteiger partial charge in [0.1, 0.15) is 0 Å². The molecule has 0 aromatic heterocycles. The molecule has 0 saturated carbocycles. The number of benzene rings is 1. The molecule has 0 N–H and O–H groups in total. The maximum atomic E-state index is 12.9. The summed E-state index contributed by atoms with van der Waals surface area (Å²) in [6.45, 7) is 5.69. The van der Waals surface area contributed by atoms with Crippen LogP contribution in [0.4, 0.5) is 0 Å². The lowest BCUT2D eigenvalue weighted by atomic mass is 9.94. The van der Waals surface area contributed by atoms with E-state index >= 15 is 0 Å². The molecule has 0 bridgehead atoms. The van der Waals surface area contributed by atoms with Gasteiger partial charge in [0.05, 0.1) is 39.2 Å². The van der Waals surface area contributed by atoms with Crippen LogP contribution in [0.5, 0.6) is 0 Å². The second-order valence-corrected chi connectivity index (χ2v) is 7.90. The summed E-state index contributed by atoms with van der Waals surface area (Å²) in [5.74, 6) is -0.553. The molecule has 1 aromatic rings. The van der Waals surface area contributed by atoms with Crippen molar-refractivity contribution >= 4 is 52.0 Å². The predicted octanol–water partition coefficient (Wildman–Crippen LogP) is 4.60. The summed E-state index contributed by atoms with van der Waals surface area (Å²) in [6.07, 6.45) is 0.681. The molecule has 1 saturated heterocycles. The molecule has 2 atom stereocenters. The predicted molar refractivity (Wildman–Crippen MR) is 104 cm³/mol. The Hall–Kier alpha value is -1.50. The number of hydrogen-bond donors (Lipinski definition) is 0. The van der Waals surface area contributed by atoms with Crippen molar-refractivity contribution in [3.05, 3.63) is 45.1 Å². The van der Waals surface area contributed by atoms with Gasteiger partial charge in [0.15, 0.2) is 5.17 Å². The lowest BCUT2D eigenvalue weighted by Gasteiger charge is -2.33. The molecular formula is C18H18Cl2N2O3S. The number of amides is 1. The average Bonchev–Trinajstić information content (AvgIpc) is 2.92. The first kappa shape index (κ1) is 19.3. The van der Waals surface area contributed by atoms with Gasteiger partial charge < -0.3 is 4.74 Å². The highest BCUT2D eigenvalue weighted by Gasteiger charge is 2.47. The van der Waals surface area contributed by atoms with E-state index in [1.54, 1.807) is 36.9 Å². The van der Waals surface area contributed by atoms with Crippen LogP contribution in [0.15, 0.2) is 34.5 Å². The zero-order valence-electron chi connectivity index (χ0n) is 14.6. The highest BCUT2D eigenvalue weighted by atomic mass is 35.5. The highest BCUT2D eigenvalue weighted by Crippen LogP contribution is 2.44. The van der Waals surface area contributed by atoms with E-state index in [0.717, 1.165) is 0 Å². The van der Waals surface area contributed by atoms with Crippen LogP contribution < -0.4 is 0 Å². The van der Waals surface area contributed by atoms with Gasteiger partial charge in [-0.25, -0.2) is 9.79 Å². The normalized spacial score (nSPS) is 22.4. The molecule has 0 spiro atoms. The molecule has 26 heavy (non-hydrogen) atoms. The number of carbonyl (C=O) groups is 2. The topological polar surface area (TPSA) is 59.0 Å². The number of fused-ring (bicyclic) bond motifs is 1. The molecule has 0 radical (unpaired) electrons. The summed E-state index contributed by atoms with van der Waals surface area (Å²) in [5, 5.41) is 1.16. The Morgan fingerprint density at radius 3 is 2.65 bits per heavy atom. The van der Waals surface area contributed by atoms with Crippen LogP contribution in [-0.4, -0.2) is 33.8 Å². The molecular weight excluding hydrogens is 395 g/mol. The molecule has 0 unspecified atom stereocenters. The van der Waals surface area contributed by atoms with Crippen LogP contribution >= 0.6 is 35.0 Å². The summed E-state index contributed by atoms with van der Waals surface area (Å²) in [6, 6.07) is 4.48. The van der Waals surface area contributed by atoms with Gasteiger partial charge in [-0.2, -0.15) is 0 Å². The van der Waals surface area contributed by atoms with Crippen molar-refractivity contribution in [2.75, 3.05) is 6.61 Å². The van der Waals surface area contributed by atoms with Crippen LogP contribution in [-0.2, 0) is 14.3 Å².